The first-order valence-corrected chi connectivity index (χ1v) is 5.14. The summed E-state index contributed by atoms with van der Waals surface area (Å²) in [5, 5.41) is 0. The molecule has 2 unspecified atom stereocenters. The topological polar surface area (TPSA) is 46.3 Å². The second-order valence-electron chi connectivity index (χ2n) is 4.11. The molecule has 0 spiro atoms. The minimum atomic E-state index is 0.0966. The third-order valence-electron chi connectivity index (χ3n) is 2.79. The molecule has 1 aliphatic rings. The maximum atomic E-state index is 11.7. The summed E-state index contributed by atoms with van der Waals surface area (Å²) in [5.41, 5.74) is 5.92. The summed E-state index contributed by atoms with van der Waals surface area (Å²) in [6.07, 6.45) is 1.93. The first-order chi connectivity index (χ1) is 6.07. The number of hydrogen-bond donors (Lipinski definition) is 1. The van der Waals surface area contributed by atoms with E-state index in [1.54, 1.807) is 0 Å². The highest BCUT2D eigenvalue weighted by Crippen LogP contribution is 2.21. The molecule has 0 aromatic heterocycles. The molecule has 1 amide bonds. The zero-order valence-corrected chi connectivity index (χ0v) is 8.79. The molecule has 0 aromatic carbocycles. The molecule has 3 nitrogen and oxygen atoms in total. The van der Waals surface area contributed by atoms with Crippen LogP contribution in [0.3, 0.4) is 0 Å². The first-order valence-electron chi connectivity index (χ1n) is 5.14. The van der Waals surface area contributed by atoms with Crippen molar-refractivity contribution >= 4 is 5.91 Å². The van der Waals surface area contributed by atoms with Crippen molar-refractivity contribution in [2.75, 3.05) is 6.54 Å². The van der Waals surface area contributed by atoms with Crippen molar-refractivity contribution in [1.29, 1.82) is 0 Å². The van der Waals surface area contributed by atoms with Crippen LogP contribution in [0.4, 0.5) is 0 Å². The Balaban J connectivity index is 2.65. The highest BCUT2D eigenvalue weighted by Gasteiger charge is 2.34. The van der Waals surface area contributed by atoms with Gasteiger partial charge in [-0.1, -0.05) is 20.8 Å². The Bertz CT molecular complexity index is 191. The number of hydrogen-bond acceptors (Lipinski definition) is 2. The van der Waals surface area contributed by atoms with Crippen LogP contribution in [0.15, 0.2) is 0 Å². The van der Waals surface area contributed by atoms with Gasteiger partial charge in [-0.05, 0) is 12.8 Å². The average Bonchev–Trinajstić information content (AvgIpc) is 2.45. The molecule has 0 saturated carbocycles. The zero-order chi connectivity index (χ0) is 10.0. The predicted molar refractivity (Wildman–Crippen MR) is 53.2 cm³/mol. The molecule has 1 saturated heterocycles. The summed E-state index contributed by atoms with van der Waals surface area (Å²) in [6.45, 7) is 6.82. The monoisotopic (exact) mass is 184 g/mol. The van der Waals surface area contributed by atoms with Gasteiger partial charge in [0.25, 0.3) is 0 Å². The average molecular weight is 184 g/mol. The van der Waals surface area contributed by atoms with E-state index in [0.717, 1.165) is 19.4 Å². The van der Waals surface area contributed by atoms with Gasteiger partial charge in [-0.2, -0.15) is 0 Å². The van der Waals surface area contributed by atoms with Crippen LogP contribution in [0.2, 0.25) is 0 Å². The van der Waals surface area contributed by atoms with Gasteiger partial charge in [-0.3, -0.25) is 4.79 Å². The maximum Gasteiger partial charge on any atom is 0.225 e. The van der Waals surface area contributed by atoms with E-state index >= 15 is 0 Å². The number of amides is 1. The van der Waals surface area contributed by atoms with Crippen molar-refractivity contribution in [3.8, 4) is 0 Å². The van der Waals surface area contributed by atoms with E-state index in [0.29, 0.717) is 0 Å². The van der Waals surface area contributed by atoms with Crippen molar-refractivity contribution in [2.45, 2.75) is 45.7 Å². The number of carbonyl (C=O) groups is 1. The molecule has 76 valence electrons. The molecular formula is C10H20N2O. The predicted octanol–water partition coefficient (Wildman–Crippen LogP) is 0.981. The second kappa shape index (κ2) is 4.09. The zero-order valence-electron chi connectivity index (χ0n) is 8.79. The quantitative estimate of drug-likeness (QED) is 0.695. The standard InChI is InChI=1S/C10H20N2O/c1-4-9-8(11)5-6-12(9)10(13)7(2)3/h7-9H,4-6,11H2,1-3H3. The fraction of sp³-hybridized carbons (Fsp3) is 0.900. The number of rotatable bonds is 2. The van der Waals surface area contributed by atoms with Gasteiger partial charge < -0.3 is 10.6 Å². The largest absolute Gasteiger partial charge is 0.338 e. The molecule has 2 N–H and O–H groups in total. The molecule has 1 fully saturated rings. The summed E-state index contributed by atoms with van der Waals surface area (Å²) in [6, 6.07) is 0.461. The van der Waals surface area contributed by atoms with Crippen molar-refractivity contribution < 1.29 is 4.79 Å². The molecule has 1 rings (SSSR count). The van der Waals surface area contributed by atoms with E-state index in [9.17, 15) is 4.79 Å². The van der Waals surface area contributed by atoms with Gasteiger partial charge in [-0.25, -0.2) is 0 Å². The Kier molecular flexibility index (Phi) is 3.31. The molecule has 1 aliphatic heterocycles. The first kappa shape index (κ1) is 10.5. The summed E-state index contributed by atoms with van der Waals surface area (Å²) in [7, 11) is 0. The Morgan fingerprint density at radius 1 is 1.62 bits per heavy atom. The number of likely N-dealkylation sites (tertiary alicyclic amines) is 1. The molecule has 0 aliphatic carbocycles. The van der Waals surface area contributed by atoms with E-state index in [2.05, 4.69) is 6.92 Å². The highest BCUT2D eigenvalue weighted by atomic mass is 16.2. The third-order valence-corrected chi connectivity index (χ3v) is 2.79. The van der Waals surface area contributed by atoms with Crippen LogP contribution in [-0.2, 0) is 4.79 Å². The molecule has 13 heavy (non-hydrogen) atoms. The number of nitrogens with zero attached hydrogens (tertiary/aromatic N) is 1. The summed E-state index contributed by atoms with van der Waals surface area (Å²) < 4.78 is 0. The van der Waals surface area contributed by atoms with Crippen LogP contribution < -0.4 is 5.73 Å². The normalized spacial score (nSPS) is 28.5. The summed E-state index contributed by atoms with van der Waals surface area (Å²) in [5.74, 6) is 0.346. The second-order valence-corrected chi connectivity index (χ2v) is 4.11. The minimum Gasteiger partial charge on any atom is -0.338 e. The lowest BCUT2D eigenvalue weighted by Gasteiger charge is -2.27. The van der Waals surface area contributed by atoms with Gasteiger partial charge in [0, 0.05) is 24.5 Å². The fourth-order valence-electron chi connectivity index (χ4n) is 2.01. The van der Waals surface area contributed by atoms with Crippen LogP contribution in [0.1, 0.15) is 33.6 Å². The van der Waals surface area contributed by atoms with Crippen LogP contribution in [0, 0.1) is 5.92 Å². The number of carbonyl (C=O) groups excluding carboxylic acids is 1. The van der Waals surface area contributed by atoms with Crippen LogP contribution in [-0.4, -0.2) is 29.4 Å². The minimum absolute atomic E-state index is 0.0966. The number of nitrogens with two attached hydrogens (primary N) is 1. The third kappa shape index (κ3) is 2.02. The van der Waals surface area contributed by atoms with Crippen LogP contribution >= 0.6 is 0 Å². The van der Waals surface area contributed by atoms with E-state index < -0.39 is 0 Å². The van der Waals surface area contributed by atoms with Crippen molar-refractivity contribution in [3.05, 3.63) is 0 Å². The maximum absolute atomic E-state index is 11.7. The molecule has 2 atom stereocenters. The van der Waals surface area contributed by atoms with E-state index in [-0.39, 0.29) is 23.9 Å². The summed E-state index contributed by atoms with van der Waals surface area (Å²) in [4.78, 5) is 13.7. The van der Waals surface area contributed by atoms with Crippen LogP contribution in [0.25, 0.3) is 0 Å². The van der Waals surface area contributed by atoms with Gasteiger partial charge in [-0.15, -0.1) is 0 Å². The Labute approximate surface area is 80.3 Å². The lowest BCUT2D eigenvalue weighted by atomic mass is 10.1. The van der Waals surface area contributed by atoms with Gasteiger partial charge in [0.15, 0.2) is 0 Å². The Hall–Kier alpha value is -0.570. The fourth-order valence-corrected chi connectivity index (χ4v) is 2.01. The van der Waals surface area contributed by atoms with Crippen molar-refractivity contribution in [1.82, 2.24) is 4.90 Å². The van der Waals surface area contributed by atoms with E-state index in [1.165, 1.54) is 0 Å². The van der Waals surface area contributed by atoms with E-state index in [1.807, 2.05) is 18.7 Å². The van der Waals surface area contributed by atoms with Gasteiger partial charge in [0.05, 0.1) is 0 Å². The van der Waals surface area contributed by atoms with Crippen molar-refractivity contribution in [2.24, 2.45) is 11.7 Å². The smallest absolute Gasteiger partial charge is 0.225 e. The molecular weight excluding hydrogens is 164 g/mol. The highest BCUT2D eigenvalue weighted by molar-refractivity contribution is 5.78. The molecule has 3 heteroatoms. The lowest BCUT2D eigenvalue weighted by Crippen LogP contribution is -2.43. The van der Waals surface area contributed by atoms with Crippen LogP contribution in [0.5, 0.6) is 0 Å². The van der Waals surface area contributed by atoms with Crippen molar-refractivity contribution in [3.63, 3.8) is 0 Å². The Morgan fingerprint density at radius 3 is 2.69 bits per heavy atom. The molecule has 0 radical (unpaired) electrons. The summed E-state index contributed by atoms with van der Waals surface area (Å²) >= 11 is 0. The molecule has 0 bridgehead atoms. The molecule has 1 heterocycles. The lowest BCUT2D eigenvalue weighted by molar-refractivity contribution is -0.135. The van der Waals surface area contributed by atoms with Gasteiger partial charge in [0.2, 0.25) is 5.91 Å². The van der Waals surface area contributed by atoms with Gasteiger partial charge in [0.1, 0.15) is 0 Å². The van der Waals surface area contributed by atoms with E-state index in [4.69, 9.17) is 5.73 Å². The SMILES string of the molecule is CCC1C(N)CCN1C(=O)C(C)C. The Morgan fingerprint density at radius 2 is 2.23 bits per heavy atom. The van der Waals surface area contributed by atoms with Gasteiger partial charge >= 0.3 is 0 Å². The molecule has 0 aromatic rings.